The summed E-state index contributed by atoms with van der Waals surface area (Å²) in [6, 6.07) is 0. The lowest BCUT2D eigenvalue weighted by atomic mass is 10.1. The van der Waals surface area contributed by atoms with Crippen molar-refractivity contribution in [3.63, 3.8) is 0 Å². The summed E-state index contributed by atoms with van der Waals surface area (Å²) in [6.45, 7) is 3.04. The van der Waals surface area contributed by atoms with Crippen LogP contribution in [0.3, 0.4) is 0 Å². The first-order valence-corrected chi connectivity index (χ1v) is 10.0. The van der Waals surface area contributed by atoms with Crippen molar-refractivity contribution in [3.8, 4) is 6.19 Å². The minimum Gasteiger partial charge on any atom is -0.356 e. The maximum Gasteiger partial charge on any atom is 0.201 e. The summed E-state index contributed by atoms with van der Waals surface area (Å²) >= 11 is 2.10. The minimum absolute atomic E-state index is 0.104. The second kappa shape index (κ2) is 18.2. The summed E-state index contributed by atoms with van der Waals surface area (Å²) in [7, 11) is 0. The molecule has 0 fully saturated rings. The van der Waals surface area contributed by atoms with Gasteiger partial charge in [0.1, 0.15) is 0 Å². The summed E-state index contributed by atoms with van der Waals surface area (Å²) in [6.07, 6.45) is 16.4. The van der Waals surface area contributed by atoms with Gasteiger partial charge in [0.15, 0.2) is 6.19 Å². The van der Waals surface area contributed by atoms with Crippen LogP contribution in [0.25, 0.3) is 0 Å². The first kappa shape index (κ1) is 21.1. The average molecular weight is 327 g/mol. The van der Waals surface area contributed by atoms with E-state index in [4.69, 9.17) is 10.7 Å². The second-order valence-electron chi connectivity index (χ2n) is 5.69. The van der Waals surface area contributed by atoms with Gasteiger partial charge in [0.25, 0.3) is 0 Å². The van der Waals surface area contributed by atoms with E-state index in [9.17, 15) is 0 Å². The third-order valence-electron chi connectivity index (χ3n) is 3.59. The van der Waals surface area contributed by atoms with E-state index >= 15 is 0 Å². The van der Waals surface area contributed by atoms with Crippen LogP contribution in [0.2, 0.25) is 0 Å². The molecule has 5 heteroatoms. The van der Waals surface area contributed by atoms with Crippen LogP contribution in [-0.4, -0.2) is 24.0 Å². The molecular weight excluding hydrogens is 292 g/mol. The van der Waals surface area contributed by atoms with Gasteiger partial charge in [-0.3, -0.25) is 10.7 Å². The van der Waals surface area contributed by atoms with Crippen LogP contribution in [0, 0.1) is 16.9 Å². The number of thioether (sulfide) groups is 1. The summed E-state index contributed by atoms with van der Waals surface area (Å²) in [4.78, 5) is 0. The van der Waals surface area contributed by atoms with Gasteiger partial charge in [0, 0.05) is 6.54 Å². The molecular formula is C17H34N4S. The van der Waals surface area contributed by atoms with Crippen LogP contribution in [0.1, 0.15) is 77.6 Å². The molecule has 0 heterocycles. The normalized spacial score (nSPS) is 10.2. The van der Waals surface area contributed by atoms with Crippen LogP contribution >= 0.6 is 11.8 Å². The van der Waals surface area contributed by atoms with E-state index in [1.807, 2.05) is 0 Å². The topological polar surface area (TPSA) is 71.7 Å². The van der Waals surface area contributed by atoms with E-state index in [1.165, 1.54) is 75.7 Å². The number of hydrogen-bond donors (Lipinski definition) is 3. The Balaban J connectivity index is 3.03. The third-order valence-corrected chi connectivity index (χ3v) is 4.75. The molecule has 0 aliphatic rings. The van der Waals surface area contributed by atoms with Crippen molar-refractivity contribution < 1.29 is 0 Å². The van der Waals surface area contributed by atoms with Crippen molar-refractivity contribution in [2.45, 2.75) is 77.6 Å². The van der Waals surface area contributed by atoms with Crippen molar-refractivity contribution in [3.05, 3.63) is 0 Å². The van der Waals surface area contributed by atoms with Crippen LogP contribution in [-0.2, 0) is 0 Å². The molecule has 0 unspecified atom stereocenters. The summed E-state index contributed by atoms with van der Waals surface area (Å²) in [5.41, 5.74) is 0. The monoisotopic (exact) mass is 326 g/mol. The predicted molar refractivity (Wildman–Crippen MR) is 98.3 cm³/mol. The molecule has 0 aromatic rings. The fraction of sp³-hybridized carbons (Fsp3) is 0.882. The van der Waals surface area contributed by atoms with Crippen LogP contribution in [0.4, 0.5) is 0 Å². The Kier molecular flexibility index (Phi) is 17.4. The fourth-order valence-electron chi connectivity index (χ4n) is 2.26. The Labute approximate surface area is 141 Å². The third kappa shape index (κ3) is 17.2. The molecule has 0 saturated carbocycles. The van der Waals surface area contributed by atoms with E-state index < -0.39 is 0 Å². The van der Waals surface area contributed by atoms with Crippen molar-refractivity contribution in [1.29, 1.82) is 10.7 Å². The fourth-order valence-corrected chi connectivity index (χ4v) is 3.28. The highest BCUT2D eigenvalue weighted by atomic mass is 32.2. The zero-order valence-electron chi connectivity index (χ0n) is 14.3. The number of nitrogens with one attached hydrogen (secondary N) is 3. The molecule has 128 valence electrons. The number of rotatable bonds is 15. The van der Waals surface area contributed by atoms with Gasteiger partial charge in [0.05, 0.1) is 0 Å². The Morgan fingerprint density at radius 2 is 1.45 bits per heavy atom. The van der Waals surface area contributed by atoms with Gasteiger partial charge in [0.2, 0.25) is 5.96 Å². The molecule has 0 atom stereocenters. The lowest BCUT2D eigenvalue weighted by Gasteiger charge is -2.05. The van der Waals surface area contributed by atoms with Crippen molar-refractivity contribution in [1.82, 2.24) is 10.6 Å². The highest BCUT2D eigenvalue weighted by Gasteiger charge is 1.95. The van der Waals surface area contributed by atoms with Crippen LogP contribution < -0.4 is 10.6 Å². The molecule has 0 radical (unpaired) electrons. The van der Waals surface area contributed by atoms with E-state index in [-0.39, 0.29) is 5.96 Å². The van der Waals surface area contributed by atoms with Gasteiger partial charge in [-0.2, -0.15) is 17.0 Å². The van der Waals surface area contributed by atoms with E-state index in [0.717, 1.165) is 13.0 Å². The van der Waals surface area contributed by atoms with Gasteiger partial charge in [-0.15, -0.1) is 0 Å². The summed E-state index contributed by atoms with van der Waals surface area (Å²) in [5, 5.41) is 20.8. The Morgan fingerprint density at radius 3 is 2.05 bits per heavy atom. The summed E-state index contributed by atoms with van der Waals surface area (Å²) < 4.78 is 0. The van der Waals surface area contributed by atoms with Gasteiger partial charge >= 0.3 is 0 Å². The minimum atomic E-state index is 0.104. The number of nitriles is 1. The van der Waals surface area contributed by atoms with Crippen molar-refractivity contribution in [2.75, 3.05) is 18.1 Å². The zero-order chi connectivity index (χ0) is 16.3. The van der Waals surface area contributed by atoms with E-state index in [0.29, 0.717) is 0 Å². The number of guanidine groups is 1. The molecule has 0 aromatic heterocycles. The van der Waals surface area contributed by atoms with Gasteiger partial charge in [-0.05, 0) is 30.8 Å². The molecule has 0 spiro atoms. The molecule has 0 aromatic carbocycles. The maximum atomic E-state index is 8.32. The molecule has 22 heavy (non-hydrogen) atoms. The zero-order valence-corrected chi connectivity index (χ0v) is 15.1. The smallest absolute Gasteiger partial charge is 0.201 e. The second-order valence-corrected chi connectivity index (χ2v) is 6.91. The van der Waals surface area contributed by atoms with Crippen LogP contribution in [0.15, 0.2) is 0 Å². The molecule has 3 N–H and O–H groups in total. The molecule has 0 rings (SSSR count). The first-order chi connectivity index (χ1) is 10.8. The van der Waals surface area contributed by atoms with Crippen molar-refractivity contribution >= 4 is 17.7 Å². The Hall–Kier alpha value is -0.890. The summed E-state index contributed by atoms with van der Waals surface area (Å²) in [5.74, 6) is 2.72. The largest absolute Gasteiger partial charge is 0.356 e. The molecule has 0 bridgehead atoms. The van der Waals surface area contributed by atoms with Gasteiger partial charge < -0.3 is 5.32 Å². The van der Waals surface area contributed by atoms with E-state index in [2.05, 4.69) is 29.3 Å². The van der Waals surface area contributed by atoms with Gasteiger partial charge in [-0.25, -0.2) is 0 Å². The van der Waals surface area contributed by atoms with Crippen LogP contribution in [0.5, 0.6) is 0 Å². The highest BCUT2D eigenvalue weighted by molar-refractivity contribution is 7.99. The molecule has 0 aliphatic heterocycles. The van der Waals surface area contributed by atoms with E-state index in [1.54, 1.807) is 6.19 Å². The molecule has 4 nitrogen and oxygen atoms in total. The Bertz CT molecular complexity index is 289. The predicted octanol–water partition coefficient (Wildman–Crippen LogP) is 4.63. The first-order valence-electron chi connectivity index (χ1n) is 8.86. The Morgan fingerprint density at radius 1 is 0.909 bits per heavy atom. The number of hydrogen-bond acceptors (Lipinski definition) is 3. The lowest BCUT2D eigenvalue weighted by Crippen LogP contribution is -2.33. The average Bonchev–Trinajstić information content (AvgIpc) is 2.51. The molecule has 0 amide bonds. The van der Waals surface area contributed by atoms with Gasteiger partial charge in [-0.1, -0.05) is 58.3 Å². The highest BCUT2D eigenvalue weighted by Crippen LogP contribution is 2.12. The SMILES string of the molecule is CCCCCCCCCSCCCCCCNC(=N)NC#N. The molecule has 0 aliphatic carbocycles. The standard InChI is InChI=1S/C17H34N4S/c1-2-3-4-5-6-8-11-14-22-15-12-9-7-10-13-20-17(19)21-16-18/h2-15H2,1H3,(H3,19,20,21). The lowest BCUT2D eigenvalue weighted by molar-refractivity contribution is 0.603. The molecule has 0 saturated heterocycles. The number of nitrogens with zero attached hydrogens (tertiary/aromatic N) is 1. The van der Waals surface area contributed by atoms with Crippen molar-refractivity contribution in [2.24, 2.45) is 0 Å². The maximum absolute atomic E-state index is 8.32. The quantitative estimate of drug-likeness (QED) is 0.135. The number of unbranched alkanes of at least 4 members (excludes halogenated alkanes) is 9.